The van der Waals surface area contributed by atoms with Crippen LogP contribution in [0.2, 0.25) is 0 Å². The molecule has 0 aliphatic carbocycles. The molecule has 0 radical (unpaired) electrons. The van der Waals surface area contributed by atoms with Gasteiger partial charge in [0.15, 0.2) is 0 Å². The van der Waals surface area contributed by atoms with Crippen molar-refractivity contribution < 1.29 is 9.59 Å². The number of nitrogens with zero attached hydrogens (tertiary/aromatic N) is 2. The molecule has 0 aliphatic heterocycles. The van der Waals surface area contributed by atoms with Crippen LogP contribution < -0.4 is 5.32 Å². The number of hydrogen-bond donors (Lipinski definition) is 2. The van der Waals surface area contributed by atoms with Gasteiger partial charge in [-0.2, -0.15) is 5.10 Å². The SMILES string of the molecule is CN(CCCCCc1cc(-c2ccccc2)n[nH]1)C(=O)CCNC(=O)Cc1ccccc1. The third-order valence-corrected chi connectivity index (χ3v) is 5.43. The molecule has 32 heavy (non-hydrogen) atoms. The first-order valence-electron chi connectivity index (χ1n) is 11.3. The van der Waals surface area contributed by atoms with Crippen molar-refractivity contribution in [1.29, 1.82) is 0 Å². The smallest absolute Gasteiger partial charge is 0.224 e. The lowest BCUT2D eigenvalue weighted by molar-refractivity contribution is -0.130. The summed E-state index contributed by atoms with van der Waals surface area (Å²) in [5.41, 5.74) is 4.20. The Morgan fingerprint density at radius 2 is 1.69 bits per heavy atom. The van der Waals surface area contributed by atoms with Crippen molar-refractivity contribution in [1.82, 2.24) is 20.4 Å². The first-order chi connectivity index (χ1) is 15.6. The lowest BCUT2D eigenvalue weighted by atomic mass is 10.1. The monoisotopic (exact) mass is 432 g/mol. The van der Waals surface area contributed by atoms with Crippen LogP contribution in [0.25, 0.3) is 11.3 Å². The van der Waals surface area contributed by atoms with E-state index in [1.54, 1.807) is 4.90 Å². The summed E-state index contributed by atoms with van der Waals surface area (Å²) in [6.45, 7) is 1.10. The molecule has 2 N–H and O–H groups in total. The molecule has 0 atom stereocenters. The second kappa shape index (κ2) is 12.4. The van der Waals surface area contributed by atoms with Crippen molar-refractivity contribution in [3.8, 4) is 11.3 Å². The van der Waals surface area contributed by atoms with Gasteiger partial charge in [-0.05, 0) is 30.9 Å². The lowest BCUT2D eigenvalue weighted by Gasteiger charge is -2.17. The van der Waals surface area contributed by atoms with E-state index >= 15 is 0 Å². The molecule has 0 aliphatic rings. The maximum atomic E-state index is 12.3. The molecule has 1 aromatic heterocycles. The predicted octanol–water partition coefficient (Wildman–Crippen LogP) is 4.00. The van der Waals surface area contributed by atoms with E-state index in [0.29, 0.717) is 19.4 Å². The topological polar surface area (TPSA) is 78.1 Å². The van der Waals surface area contributed by atoms with Gasteiger partial charge in [0, 0.05) is 37.8 Å². The Morgan fingerprint density at radius 1 is 0.969 bits per heavy atom. The standard InChI is InChI=1S/C26H32N4O2/c1-30(26(32)16-17-27-25(31)19-21-11-5-2-6-12-21)18-10-4-9-15-23-20-24(29-28-23)22-13-7-3-8-14-22/h2-3,5-8,11-14,20H,4,9-10,15-19H2,1H3,(H,27,31)(H,28,29). The van der Waals surface area contributed by atoms with E-state index in [0.717, 1.165) is 54.7 Å². The molecule has 0 saturated carbocycles. The van der Waals surface area contributed by atoms with Crippen LogP contribution in [-0.2, 0) is 22.4 Å². The molecule has 1 heterocycles. The number of aromatic nitrogens is 2. The number of benzene rings is 2. The summed E-state index contributed by atoms with van der Waals surface area (Å²) < 4.78 is 0. The fourth-order valence-electron chi connectivity index (χ4n) is 3.56. The quantitative estimate of drug-likeness (QED) is 0.425. The van der Waals surface area contributed by atoms with Crippen LogP contribution in [0.5, 0.6) is 0 Å². The van der Waals surface area contributed by atoms with Gasteiger partial charge in [-0.3, -0.25) is 14.7 Å². The van der Waals surface area contributed by atoms with Crippen LogP contribution in [-0.4, -0.2) is 47.0 Å². The summed E-state index contributed by atoms with van der Waals surface area (Å²) in [5.74, 6) is 0.00645. The Morgan fingerprint density at radius 3 is 2.44 bits per heavy atom. The number of carbonyl (C=O) groups excluding carboxylic acids is 2. The molecule has 2 amide bonds. The summed E-state index contributed by atoms with van der Waals surface area (Å²) >= 11 is 0. The maximum absolute atomic E-state index is 12.3. The van der Waals surface area contributed by atoms with Gasteiger partial charge in [-0.15, -0.1) is 0 Å². The van der Waals surface area contributed by atoms with Crippen molar-refractivity contribution in [2.24, 2.45) is 0 Å². The highest BCUT2D eigenvalue weighted by molar-refractivity contribution is 5.80. The second-order valence-corrected chi connectivity index (χ2v) is 8.03. The molecule has 6 nitrogen and oxygen atoms in total. The Labute approximate surface area is 190 Å². The van der Waals surface area contributed by atoms with Crippen LogP contribution in [0.4, 0.5) is 0 Å². The number of aromatic amines is 1. The van der Waals surface area contributed by atoms with Gasteiger partial charge >= 0.3 is 0 Å². The lowest BCUT2D eigenvalue weighted by Crippen LogP contribution is -2.33. The fourth-order valence-corrected chi connectivity index (χ4v) is 3.56. The van der Waals surface area contributed by atoms with Gasteiger partial charge in [0.25, 0.3) is 0 Å². The van der Waals surface area contributed by atoms with Crippen molar-refractivity contribution in [3.63, 3.8) is 0 Å². The van der Waals surface area contributed by atoms with Gasteiger partial charge in [-0.1, -0.05) is 67.1 Å². The van der Waals surface area contributed by atoms with Crippen LogP contribution >= 0.6 is 0 Å². The summed E-state index contributed by atoms with van der Waals surface area (Å²) in [4.78, 5) is 26.0. The summed E-state index contributed by atoms with van der Waals surface area (Å²) in [6, 6.07) is 21.9. The Hall–Kier alpha value is -3.41. The molecule has 0 fully saturated rings. The number of unbranched alkanes of at least 4 members (excludes halogenated alkanes) is 2. The molecule has 168 valence electrons. The zero-order valence-electron chi connectivity index (χ0n) is 18.7. The summed E-state index contributed by atoms with van der Waals surface area (Å²) in [7, 11) is 1.83. The summed E-state index contributed by atoms with van der Waals surface area (Å²) in [5, 5.41) is 10.3. The molecule has 6 heteroatoms. The van der Waals surface area contributed by atoms with E-state index in [1.807, 2.05) is 55.6 Å². The minimum Gasteiger partial charge on any atom is -0.355 e. The zero-order chi connectivity index (χ0) is 22.6. The molecule has 0 saturated heterocycles. The Balaban J connectivity index is 1.25. The minimum absolute atomic E-state index is 0.0547. The third kappa shape index (κ3) is 7.69. The van der Waals surface area contributed by atoms with Crippen molar-refractivity contribution >= 4 is 11.8 Å². The first-order valence-corrected chi connectivity index (χ1v) is 11.3. The van der Waals surface area contributed by atoms with Crippen molar-refractivity contribution in [2.45, 2.75) is 38.5 Å². The molecule has 2 aromatic carbocycles. The Bertz CT molecular complexity index is 970. The predicted molar refractivity (Wildman–Crippen MR) is 127 cm³/mol. The highest BCUT2D eigenvalue weighted by Gasteiger charge is 2.10. The number of amides is 2. The zero-order valence-corrected chi connectivity index (χ0v) is 18.7. The van der Waals surface area contributed by atoms with Gasteiger partial charge < -0.3 is 10.2 Å². The number of carbonyl (C=O) groups is 2. The minimum atomic E-state index is -0.0547. The van der Waals surface area contributed by atoms with E-state index in [1.165, 1.54) is 0 Å². The van der Waals surface area contributed by atoms with E-state index in [2.05, 4.69) is 33.7 Å². The van der Waals surface area contributed by atoms with Crippen LogP contribution in [0.15, 0.2) is 66.7 Å². The van der Waals surface area contributed by atoms with E-state index in [9.17, 15) is 9.59 Å². The Kier molecular flexibility index (Phi) is 9.05. The molecule has 0 spiro atoms. The van der Waals surface area contributed by atoms with E-state index < -0.39 is 0 Å². The molecule has 3 aromatic rings. The van der Waals surface area contributed by atoms with E-state index in [4.69, 9.17) is 0 Å². The number of nitrogens with one attached hydrogen (secondary N) is 2. The summed E-state index contributed by atoms with van der Waals surface area (Å²) in [6.07, 6.45) is 4.67. The average Bonchev–Trinajstić information content (AvgIpc) is 3.29. The molecular formula is C26H32N4O2. The number of H-pyrrole nitrogens is 1. The number of aryl methyl sites for hydroxylation is 1. The highest BCUT2D eigenvalue weighted by atomic mass is 16.2. The normalized spacial score (nSPS) is 10.7. The molecule has 0 bridgehead atoms. The maximum Gasteiger partial charge on any atom is 0.224 e. The molecular weight excluding hydrogens is 400 g/mol. The fraction of sp³-hybridized carbons (Fsp3) is 0.346. The van der Waals surface area contributed by atoms with Crippen LogP contribution in [0.1, 0.15) is 36.9 Å². The van der Waals surface area contributed by atoms with E-state index in [-0.39, 0.29) is 11.8 Å². The number of rotatable bonds is 12. The van der Waals surface area contributed by atoms with Gasteiger partial charge in [-0.25, -0.2) is 0 Å². The molecule has 0 unspecified atom stereocenters. The van der Waals surface area contributed by atoms with Crippen LogP contribution in [0, 0.1) is 0 Å². The van der Waals surface area contributed by atoms with Crippen molar-refractivity contribution in [3.05, 3.63) is 78.0 Å². The second-order valence-electron chi connectivity index (χ2n) is 8.03. The van der Waals surface area contributed by atoms with Crippen molar-refractivity contribution in [2.75, 3.05) is 20.1 Å². The highest BCUT2D eigenvalue weighted by Crippen LogP contribution is 2.18. The van der Waals surface area contributed by atoms with Crippen LogP contribution in [0.3, 0.4) is 0 Å². The number of hydrogen-bond acceptors (Lipinski definition) is 3. The largest absolute Gasteiger partial charge is 0.355 e. The molecule has 3 rings (SSSR count). The first kappa shape index (κ1) is 23.3. The van der Waals surface area contributed by atoms with Gasteiger partial charge in [0.2, 0.25) is 11.8 Å². The average molecular weight is 433 g/mol. The van der Waals surface area contributed by atoms with Gasteiger partial charge in [0.1, 0.15) is 0 Å². The van der Waals surface area contributed by atoms with Gasteiger partial charge in [0.05, 0.1) is 12.1 Å². The third-order valence-electron chi connectivity index (χ3n) is 5.43.